The number of hydrogen-bond acceptors (Lipinski definition) is 4. The molecule has 1 aliphatic rings. The summed E-state index contributed by atoms with van der Waals surface area (Å²) in [5.74, 6) is -1.11. The Morgan fingerprint density at radius 1 is 1.00 bits per heavy atom. The van der Waals surface area contributed by atoms with Crippen LogP contribution in [0, 0.1) is 5.82 Å². The van der Waals surface area contributed by atoms with E-state index in [0.717, 1.165) is 36.5 Å². The van der Waals surface area contributed by atoms with Gasteiger partial charge in [0, 0.05) is 33.9 Å². The summed E-state index contributed by atoms with van der Waals surface area (Å²) in [4.78, 5) is 28.4. The minimum Gasteiger partial charge on any atom is -0.494 e. The number of carbonyl (C=O) groups is 2. The van der Waals surface area contributed by atoms with E-state index >= 15 is 0 Å². The summed E-state index contributed by atoms with van der Waals surface area (Å²) >= 11 is 0. The van der Waals surface area contributed by atoms with E-state index in [2.05, 4.69) is 10.3 Å². The number of ether oxygens (including phenoxy) is 1. The summed E-state index contributed by atoms with van der Waals surface area (Å²) in [6.45, 7) is 0. The van der Waals surface area contributed by atoms with Gasteiger partial charge in [-0.3, -0.25) is 9.59 Å². The van der Waals surface area contributed by atoms with Crippen LogP contribution < -0.4 is 21.5 Å². The maximum atomic E-state index is 14.3. The third-order valence-electron chi connectivity index (χ3n) is 6.83. The first-order valence-corrected chi connectivity index (χ1v) is 11.6. The number of amides is 2. The summed E-state index contributed by atoms with van der Waals surface area (Å²) in [6, 6.07) is 13.9. The first-order chi connectivity index (χ1) is 16.8. The summed E-state index contributed by atoms with van der Waals surface area (Å²) in [6.07, 6.45) is 3.56. The van der Waals surface area contributed by atoms with Gasteiger partial charge in [0.2, 0.25) is 0 Å². The standard InChI is InChI=1S/C27H27FN4O3/c1-35-24-9-3-14(12-22(24)28)16-10-20-19-8-2-15(27(34)31-18-6-4-17(29)5-7-18)13-23(19)32-25(20)21(11-16)26(30)33/h2-3,8-13,17-18,32H,4-7,29H2,1H3,(H2,30,33)(H,31,34). The molecule has 0 atom stereocenters. The third-order valence-corrected chi connectivity index (χ3v) is 6.83. The number of nitrogens with two attached hydrogens (primary N) is 2. The quantitative estimate of drug-likeness (QED) is 0.346. The van der Waals surface area contributed by atoms with Gasteiger partial charge in [-0.25, -0.2) is 4.39 Å². The number of fused-ring (bicyclic) bond motifs is 3. The van der Waals surface area contributed by atoms with Gasteiger partial charge in [-0.2, -0.15) is 0 Å². The molecule has 0 spiro atoms. The Morgan fingerprint density at radius 2 is 1.77 bits per heavy atom. The molecule has 1 aromatic heterocycles. The third kappa shape index (κ3) is 4.33. The van der Waals surface area contributed by atoms with Gasteiger partial charge in [-0.15, -0.1) is 0 Å². The van der Waals surface area contributed by atoms with Crippen LogP contribution in [-0.4, -0.2) is 36.0 Å². The summed E-state index contributed by atoms with van der Waals surface area (Å²) in [5, 5.41) is 4.69. The van der Waals surface area contributed by atoms with Gasteiger partial charge < -0.3 is 26.5 Å². The van der Waals surface area contributed by atoms with E-state index in [1.165, 1.54) is 13.2 Å². The van der Waals surface area contributed by atoms with Crippen LogP contribution in [0.15, 0.2) is 48.5 Å². The number of primary amides is 1. The second kappa shape index (κ2) is 9.03. The zero-order valence-corrected chi connectivity index (χ0v) is 19.4. The van der Waals surface area contributed by atoms with Crippen molar-refractivity contribution >= 4 is 33.6 Å². The SMILES string of the molecule is COc1ccc(-c2cc(C(N)=O)c3[nH]c4cc(C(=O)NC5CCC(N)CC5)ccc4c3c2)cc1F. The molecule has 4 aromatic rings. The fraction of sp³-hybridized carbons (Fsp3) is 0.259. The molecule has 0 unspecified atom stereocenters. The lowest BCUT2D eigenvalue weighted by Gasteiger charge is -2.26. The van der Waals surface area contributed by atoms with Crippen molar-refractivity contribution in [1.29, 1.82) is 0 Å². The molecule has 0 aliphatic heterocycles. The molecule has 1 saturated carbocycles. The molecule has 8 heteroatoms. The van der Waals surface area contributed by atoms with Crippen LogP contribution in [0.25, 0.3) is 32.9 Å². The topological polar surface area (TPSA) is 123 Å². The summed E-state index contributed by atoms with van der Waals surface area (Å²) in [7, 11) is 1.40. The van der Waals surface area contributed by atoms with Crippen LogP contribution in [0.5, 0.6) is 5.75 Å². The fourth-order valence-corrected chi connectivity index (χ4v) is 4.89. The van der Waals surface area contributed by atoms with Crippen molar-refractivity contribution in [3.05, 3.63) is 65.5 Å². The highest BCUT2D eigenvalue weighted by molar-refractivity contribution is 6.17. The number of nitrogens with one attached hydrogen (secondary N) is 2. The zero-order valence-electron chi connectivity index (χ0n) is 19.4. The van der Waals surface area contributed by atoms with Gasteiger partial charge >= 0.3 is 0 Å². The summed E-state index contributed by atoms with van der Waals surface area (Å²) < 4.78 is 19.3. The van der Waals surface area contributed by atoms with E-state index in [-0.39, 0.29) is 29.3 Å². The molecule has 180 valence electrons. The molecule has 1 aliphatic carbocycles. The molecule has 5 rings (SSSR count). The Labute approximate surface area is 201 Å². The molecule has 6 N–H and O–H groups in total. The van der Waals surface area contributed by atoms with E-state index in [1.54, 1.807) is 30.3 Å². The number of benzene rings is 3. The summed E-state index contributed by atoms with van der Waals surface area (Å²) in [5.41, 5.74) is 15.0. The molecule has 2 amide bonds. The first-order valence-electron chi connectivity index (χ1n) is 11.6. The number of halogens is 1. The molecular formula is C27H27FN4O3. The van der Waals surface area contributed by atoms with E-state index in [0.29, 0.717) is 27.7 Å². The van der Waals surface area contributed by atoms with Crippen molar-refractivity contribution in [2.24, 2.45) is 11.5 Å². The molecular weight excluding hydrogens is 447 g/mol. The first kappa shape index (κ1) is 22.9. The molecule has 0 bridgehead atoms. The number of methoxy groups -OCH3 is 1. The highest BCUT2D eigenvalue weighted by atomic mass is 19.1. The molecule has 0 radical (unpaired) electrons. The average molecular weight is 475 g/mol. The lowest BCUT2D eigenvalue weighted by Crippen LogP contribution is -2.40. The van der Waals surface area contributed by atoms with Crippen LogP contribution in [-0.2, 0) is 0 Å². The maximum Gasteiger partial charge on any atom is 0.251 e. The van der Waals surface area contributed by atoms with Crippen molar-refractivity contribution in [3.8, 4) is 16.9 Å². The Morgan fingerprint density at radius 3 is 2.46 bits per heavy atom. The van der Waals surface area contributed by atoms with E-state index in [1.807, 2.05) is 12.1 Å². The fourth-order valence-electron chi connectivity index (χ4n) is 4.89. The number of rotatable bonds is 5. The number of aromatic amines is 1. The van der Waals surface area contributed by atoms with Crippen LogP contribution >= 0.6 is 0 Å². The van der Waals surface area contributed by atoms with Gasteiger partial charge in [0.15, 0.2) is 11.6 Å². The lowest BCUT2D eigenvalue weighted by atomic mass is 9.91. The Hall–Kier alpha value is -3.91. The van der Waals surface area contributed by atoms with E-state index < -0.39 is 11.7 Å². The Kier molecular flexibility index (Phi) is 5.90. The van der Waals surface area contributed by atoms with Crippen LogP contribution in [0.2, 0.25) is 0 Å². The largest absolute Gasteiger partial charge is 0.494 e. The van der Waals surface area contributed by atoms with Gasteiger partial charge in [0.25, 0.3) is 11.8 Å². The molecule has 0 saturated heterocycles. The molecule has 35 heavy (non-hydrogen) atoms. The predicted octanol–water partition coefficient (Wildman–Crippen LogP) is 4.23. The Bertz CT molecular complexity index is 1450. The van der Waals surface area contributed by atoms with Crippen molar-refractivity contribution in [2.45, 2.75) is 37.8 Å². The van der Waals surface area contributed by atoms with Crippen LogP contribution in [0.1, 0.15) is 46.4 Å². The van der Waals surface area contributed by atoms with Crippen molar-refractivity contribution in [3.63, 3.8) is 0 Å². The smallest absolute Gasteiger partial charge is 0.251 e. The van der Waals surface area contributed by atoms with Gasteiger partial charge in [0.1, 0.15) is 0 Å². The number of aromatic nitrogens is 1. The monoisotopic (exact) mass is 474 g/mol. The zero-order chi connectivity index (χ0) is 24.7. The van der Waals surface area contributed by atoms with E-state index in [9.17, 15) is 14.0 Å². The lowest BCUT2D eigenvalue weighted by molar-refractivity contribution is 0.0925. The highest BCUT2D eigenvalue weighted by Gasteiger charge is 2.21. The normalized spacial score (nSPS) is 18.0. The van der Waals surface area contributed by atoms with Crippen LogP contribution in [0.3, 0.4) is 0 Å². The van der Waals surface area contributed by atoms with Gasteiger partial charge in [-0.1, -0.05) is 12.1 Å². The van der Waals surface area contributed by atoms with Crippen molar-refractivity contribution in [2.75, 3.05) is 7.11 Å². The van der Waals surface area contributed by atoms with E-state index in [4.69, 9.17) is 16.2 Å². The number of H-pyrrole nitrogens is 1. The predicted molar refractivity (Wildman–Crippen MR) is 134 cm³/mol. The molecule has 1 fully saturated rings. The molecule has 1 heterocycles. The molecule has 3 aromatic carbocycles. The number of carbonyl (C=O) groups excluding carboxylic acids is 2. The Balaban J connectivity index is 1.54. The molecule has 7 nitrogen and oxygen atoms in total. The second-order valence-electron chi connectivity index (χ2n) is 9.13. The second-order valence-corrected chi connectivity index (χ2v) is 9.13. The minimum absolute atomic E-state index is 0.120. The minimum atomic E-state index is -0.606. The van der Waals surface area contributed by atoms with Gasteiger partial charge in [-0.05, 0) is 73.2 Å². The highest BCUT2D eigenvalue weighted by Crippen LogP contribution is 2.34. The van der Waals surface area contributed by atoms with Crippen molar-refractivity contribution in [1.82, 2.24) is 10.3 Å². The number of hydrogen-bond donors (Lipinski definition) is 4. The maximum absolute atomic E-state index is 14.3. The average Bonchev–Trinajstić information content (AvgIpc) is 3.22. The van der Waals surface area contributed by atoms with Crippen molar-refractivity contribution < 1.29 is 18.7 Å². The van der Waals surface area contributed by atoms with Crippen LogP contribution in [0.4, 0.5) is 4.39 Å². The van der Waals surface area contributed by atoms with Gasteiger partial charge in [0.05, 0.1) is 18.2 Å².